The van der Waals surface area contributed by atoms with E-state index < -0.39 is 5.97 Å². The Kier molecular flexibility index (Phi) is 6.18. The molecule has 0 spiro atoms. The van der Waals surface area contributed by atoms with Crippen molar-refractivity contribution in [2.45, 2.75) is 12.5 Å². The SMILES string of the molecule is CN1CCC(Oc2ncc(-c3ccccc3)cc2C(=O)[O-])C1.[Na]. The molecule has 23 heavy (non-hydrogen) atoms. The number of benzene rings is 1. The summed E-state index contributed by atoms with van der Waals surface area (Å²) in [6.07, 6.45) is 2.47. The molecule has 1 aliphatic heterocycles. The third-order valence-corrected chi connectivity index (χ3v) is 3.80. The van der Waals surface area contributed by atoms with Crippen molar-refractivity contribution in [1.82, 2.24) is 9.88 Å². The van der Waals surface area contributed by atoms with Gasteiger partial charge in [-0.25, -0.2) is 4.98 Å². The van der Waals surface area contributed by atoms with Gasteiger partial charge in [-0.2, -0.15) is 0 Å². The third kappa shape index (κ3) is 4.32. The molecule has 1 radical (unpaired) electrons. The maximum absolute atomic E-state index is 11.4. The molecule has 2 heterocycles. The number of carboxylic acids is 1. The average molecular weight is 320 g/mol. The summed E-state index contributed by atoms with van der Waals surface area (Å²) in [4.78, 5) is 17.7. The van der Waals surface area contributed by atoms with Crippen LogP contribution in [0.5, 0.6) is 5.88 Å². The van der Waals surface area contributed by atoms with E-state index >= 15 is 0 Å². The van der Waals surface area contributed by atoms with Gasteiger partial charge in [0, 0.05) is 54.4 Å². The zero-order chi connectivity index (χ0) is 15.5. The number of ether oxygens (including phenoxy) is 1. The Labute approximate surface area is 157 Å². The Balaban J connectivity index is 0.00000192. The van der Waals surface area contributed by atoms with Crippen LogP contribution in [-0.2, 0) is 0 Å². The minimum Gasteiger partial charge on any atom is -0.545 e. The van der Waals surface area contributed by atoms with E-state index in [-0.39, 0.29) is 47.1 Å². The molecule has 1 saturated heterocycles. The zero-order valence-electron chi connectivity index (χ0n) is 13.4. The summed E-state index contributed by atoms with van der Waals surface area (Å²) >= 11 is 0. The van der Waals surface area contributed by atoms with Gasteiger partial charge in [0.2, 0.25) is 5.88 Å². The van der Waals surface area contributed by atoms with Crippen LogP contribution in [0.25, 0.3) is 11.1 Å². The molecule has 0 bridgehead atoms. The van der Waals surface area contributed by atoms with Gasteiger partial charge in [-0.05, 0) is 25.1 Å². The number of carbonyl (C=O) groups excluding carboxylic acids is 1. The molecule has 0 aliphatic carbocycles. The van der Waals surface area contributed by atoms with E-state index in [1.807, 2.05) is 37.4 Å². The van der Waals surface area contributed by atoms with Crippen molar-refractivity contribution in [2.24, 2.45) is 0 Å². The number of pyridine rings is 1. The Bertz CT molecular complexity index is 679. The van der Waals surface area contributed by atoms with Crippen molar-refractivity contribution >= 4 is 35.5 Å². The minimum absolute atomic E-state index is 0. The standard InChI is InChI=1S/C17H18N2O3.Na/c1-19-8-7-14(11-19)22-16-15(17(20)21)9-13(10-18-16)12-5-3-2-4-6-12;/h2-6,9-10,14H,7-8,11H2,1H3,(H,20,21);/p-1. The second kappa shape index (κ2) is 7.93. The quantitative estimate of drug-likeness (QED) is 0.780. The number of hydrogen-bond acceptors (Lipinski definition) is 5. The first-order valence-corrected chi connectivity index (χ1v) is 7.25. The average Bonchev–Trinajstić information content (AvgIpc) is 2.93. The number of hydrogen-bond donors (Lipinski definition) is 0. The monoisotopic (exact) mass is 320 g/mol. The third-order valence-electron chi connectivity index (χ3n) is 3.80. The van der Waals surface area contributed by atoms with E-state index in [0.29, 0.717) is 0 Å². The van der Waals surface area contributed by atoms with Gasteiger partial charge >= 0.3 is 0 Å². The molecule has 5 nitrogen and oxygen atoms in total. The largest absolute Gasteiger partial charge is 0.545 e. The molecule has 1 aromatic heterocycles. The van der Waals surface area contributed by atoms with E-state index in [1.54, 1.807) is 12.3 Å². The molecular weight excluding hydrogens is 303 g/mol. The van der Waals surface area contributed by atoms with Crippen molar-refractivity contribution in [2.75, 3.05) is 20.1 Å². The van der Waals surface area contributed by atoms with E-state index in [1.165, 1.54) is 0 Å². The Hall–Kier alpha value is -1.40. The molecule has 1 unspecified atom stereocenters. The Morgan fingerprint density at radius 3 is 2.65 bits per heavy atom. The molecule has 1 atom stereocenters. The normalized spacial score (nSPS) is 17.5. The second-order valence-corrected chi connectivity index (χ2v) is 5.52. The van der Waals surface area contributed by atoms with Gasteiger partial charge in [0.05, 0.1) is 11.5 Å². The number of carbonyl (C=O) groups is 1. The molecule has 1 aromatic carbocycles. The minimum atomic E-state index is -1.27. The van der Waals surface area contributed by atoms with Gasteiger partial charge in [0.25, 0.3) is 0 Å². The predicted octanol–water partition coefficient (Wildman–Crippen LogP) is 0.814. The number of likely N-dealkylation sites (tertiary alicyclic amines) is 1. The molecule has 6 heteroatoms. The van der Waals surface area contributed by atoms with Crippen LogP contribution in [0.15, 0.2) is 42.6 Å². The van der Waals surface area contributed by atoms with Gasteiger partial charge in [-0.3, -0.25) is 0 Å². The second-order valence-electron chi connectivity index (χ2n) is 5.52. The van der Waals surface area contributed by atoms with E-state index in [2.05, 4.69) is 9.88 Å². The number of carboxylic acid groups (broad SMARTS) is 1. The summed E-state index contributed by atoms with van der Waals surface area (Å²) in [5.74, 6) is -1.13. The van der Waals surface area contributed by atoms with Crippen molar-refractivity contribution in [3.63, 3.8) is 0 Å². The summed E-state index contributed by atoms with van der Waals surface area (Å²) < 4.78 is 5.76. The summed E-state index contributed by atoms with van der Waals surface area (Å²) in [7, 11) is 2.01. The van der Waals surface area contributed by atoms with Crippen LogP contribution >= 0.6 is 0 Å². The fraction of sp³-hybridized carbons (Fsp3) is 0.294. The first kappa shape index (κ1) is 17.9. The van der Waals surface area contributed by atoms with Crippen molar-refractivity contribution in [3.05, 3.63) is 48.2 Å². The van der Waals surface area contributed by atoms with Crippen molar-refractivity contribution < 1.29 is 14.6 Å². The fourth-order valence-electron chi connectivity index (χ4n) is 2.63. The molecule has 3 rings (SSSR count). The van der Waals surface area contributed by atoms with Crippen LogP contribution in [0.3, 0.4) is 0 Å². The van der Waals surface area contributed by atoms with Gasteiger partial charge in [-0.1, -0.05) is 30.3 Å². The van der Waals surface area contributed by atoms with E-state index in [4.69, 9.17) is 4.74 Å². The van der Waals surface area contributed by atoms with Gasteiger partial charge in [0.15, 0.2) is 0 Å². The molecule has 115 valence electrons. The van der Waals surface area contributed by atoms with Crippen LogP contribution in [0, 0.1) is 0 Å². The van der Waals surface area contributed by atoms with Crippen LogP contribution in [0.2, 0.25) is 0 Å². The first-order chi connectivity index (χ1) is 10.6. The zero-order valence-corrected chi connectivity index (χ0v) is 15.4. The number of rotatable bonds is 4. The smallest absolute Gasteiger partial charge is 0.222 e. The van der Waals surface area contributed by atoms with Gasteiger partial charge < -0.3 is 19.5 Å². The molecular formula is C17H17N2NaO3-. The van der Waals surface area contributed by atoms with Crippen LogP contribution < -0.4 is 9.84 Å². The number of likely N-dealkylation sites (N-methyl/N-ethyl adjacent to an activating group) is 1. The number of nitrogens with zero attached hydrogens (tertiary/aromatic N) is 2. The summed E-state index contributed by atoms with van der Waals surface area (Å²) in [5, 5.41) is 11.4. The Morgan fingerprint density at radius 2 is 2.04 bits per heavy atom. The van der Waals surface area contributed by atoms with Gasteiger partial charge in [-0.15, -0.1) is 0 Å². The van der Waals surface area contributed by atoms with Crippen molar-refractivity contribution in [3.8, 4) is 17.0 Å². The fourth-order valence-corrected chi connectivity index (χ4v) is 2.63. The maximum Gasteiger partial charge on any atom is 0.222 e. The first-order valence-electron chi connectivity index (χ1n) is 7.25. The summed E-state index contributed by atoms with van der Waals surface area (Å²) in [6.45, 7) is 1.71. The Morgan fingerprint density at radius 1 is 1.30 bits per heavy atom. The molecule has 0 amide bonds. The van der Waals surface area contributed by atoms with Crippen molar-refractivity contribution in [1.29, 1.82) is 0 Å². The molecule has 0 N–H and O–H groups in total. The number of aromatic carboxylic acids is 1. The predicted molar refractivity (Wildman–Crippen MR) is 86.3 cm³/mol. The molecule has 1 fully saturated rings. The summed E-state index contributed by atoms with van der Waals surface area (Å²) in [5.41, 5.74) is 1.64. The van der Waals surface area contributed by atoms with Crippen LogP contribution in [-0.4, -0.2) is 71.7 Å². The molecule has 1 aliphatic rings. The van der Waals surface area contributed by atoms with E-state index in [9.17, 15) is 9.90 Å². The van der Waals surface area contributed by atoms with E-state index in [0.717, 1.165) is 30.6 Å². The van der Waals surface area contributed by atoms with Crippen LogP contribution in [0.4, 0.5) is 0 Å². The molecule has 0 saturated carbocycles. The number of aromatic nitrogens is 1. The topological polar surface area (TPSA) is 65.5 Å². The molecule has 2 aromatic rings. The summed E-state index contributed by atoms with van der Waals surface area (Å²) in [6, 6.07) is 11.1. The van der Waals surface area contributed by atoms with Crippen LogP contribution in [0.1, 0.15) is 16.8 Å². The van der Waals surface area contributed by atoms with Gasteiger partial charge in [0.1, 0.15) is 6.10 Å². The maximum atomic E-state index is 11.4.